The van der Waals surface area contributed by atoms with E-state index in [1.165, 1.54) is 36.1 Å². The van der Waals surface area contributed by atoms with Crippen molar-refractivity contribution in [3.05, 3.63) is 64.7 Å². The van der Waals surface area contributed by atoms with Gasteiger partial charge in [0.15, 0.2) is 0 Å². The summed E-state index contributed by atoms with van der Waals surface area (Å²) in [4.78, 5) is 0. The van der Waals surface area contributed by atoms with Gasteiger partial charge in [-0.05, 0) is 42.5 Å². The van der Waals surface area contributed by atoms with Crippen LogP contribution < -0.4 is 5.32 Å². The number of hydrogen-bond acceptors (Lipinski definition) is 1. The molecule has 3 rings (SSSR count). The molecule has 0 bridgehead atoms. The molecule has 0 saturated heterocycles. The normalized spacial score (nSPS) is 16.6. The zero-order valence-electron chi connectivity index (χ0n) is 12.1. The van der Waals surface area contributed by atoms with E-state index in [4.69, 9.17) is 0 Å². The van der Waals surface area contributed by atoms with Crippen LogP contribution in [0.2, 0.25) is 0 Å². The van der Waals surface area contributed by atoms with Crippen molar-refractivity contribution in [2.24, 2.45) is 0 Å². The molecule has 0 aliphatic carbocycles. The molecule has 1 heterocycles. The number of anilines is 1. The molecule has 1 N–H and O–H groups in total. The highest BCUT2D eigenvalue weighted by Crippen LogP contribution is 2.35. The van der Waals surface area contributed by atoms with Gasteiger partial charge in [0.25, 0.3) is 0 Å². The highest BCUT2D eigenvalue weighted by atomic mass is 19.1. The van der Waals surface area contributed by atoms with Crippen molar-refractivity contribution in [1.29, 1.82) is 0 Å². The number of benzene rings is 2. The fourth-order valence-corrected chi connectivity index (χ4v) is 2.92. The van der Waals surface area contributed by atoms with Gasteiger partial charge in [0, 0.05) is 17.3 Å². The fourth-order valence-electron chi connectivity index (χ4n) is 2.92. The van der Waals surface area contributed by atoms with E-state index in [2.05, 4.69) is 30.4 Å². The molecule has 0 aromatic heterocycles. The number of aryl methyl sites for hydroxylation is 1. The second-order valence-electron chi connectivity index (χ2n) is 5.66. The van der Waals surface area contributed by atoms with Gasteiger partial charge in [-0.2, -0.15) is 0 Å². The molecular formula is C18H19F2N. The van der Waals surface area contributed by atoms with Crippen molar-refractivity contribution in [2.45, 2.75) is 38.6 Å². The number of fused-ring (bicyclic) bond motifs is 1. The van der Waals surface area contributed by atoms with Crippen molar-refractivity contribution in [3.8, 4) is 0 Å². The summed E-state index contributed by atoms with van der Waals surface area (Å²) in [7, 11) is 0. The molecular weight excluding hydrogens is 268 g/mol. The van der Waals surface area contributed by atoms with Crippen molar-refractivity contribution in [1.82, 2.24) is 0 Å². The lowest BCUT2D eigenvalue weighted by Gasteiger charge is -2.12. The maximum Gasteiger partial charge on any atom is 0.131 e. The largest absolute Gasteiger partial charge is 0.378 e. The fraction of sp³-hybridized carbons (Fsp3) is 0.333. The van der Waals surface area contributed by atoms with Crippen LogP contribution in [0.1, 0.15) is 42.5 Å². The minimum Gasteiger partial charge on any atom is -0.378 e. The molecule has 110 valence electrons. The third-order valence-corrected chi connectivity index (χ3v) is 4.08. The van der Waals surface area contributed by atoms with Gasteiger partial charge in [-0.3, -0.25) is 0 Å². The highest BCUT2D eigenvalue weighted by Gasteiger charge is 2.24. The Hall–Kier alpha value is -1.90. The average molecular weight is 287 g/mol. The lowest BCUT2D eigenvalue weighted by molar-refractivity contribution is 0.563. The molecule has 0 spiro atoms. The Kier molecular flexibility index (Phi) is 3.91. The van der Waals surface area contributed by atoms with Gasteiger partial charge < -0.3 is 5.32 Å². The molecule has 0 saturated carbocycles. The van der Waals surface area contributed by atoms with Crippen LogP contribution in [0.4, 0.5) is 14.5 Å². The molecule has 1 aliphatic heterocycles. The maximum absolute atomic E-state index is 13.9. The second-order valence-corrected chi connectivity index (χ2v) is 5.66. The van der Waals surface area contributed by atoms with E-state index in [1.807, 2.05) is 0 Å². The number of halogens is 2. The number of hydrogen-bond donors (Lipinski definition) is 1. The molecule has 0 radical (unpaired) electrons. The van der Waals surface area contributed by atoms with Gasteiger partial charge in [0.05, 0.1) is 6.04 Å². The van der Waals surface area contributed by atoms with Crippen LogP contribution in [-0.4, -0.2) is 0 Å². The monoisotopic (exact) mass is 287 g/mol. The Morgan fingerprint density at radius 1 is 1.14 bits per heavy atom. The third-order valence-electron chi connectivity index (χ3n) is 4.08. The summed E-state index contributed by atoms with van der Waals surface area (Å²) < 4.78 is 26.9. The van der Waals surface area contributed by atoms with E-state index in [0.29, 0.717) is 5.56 Å². The first-order valence-electron chi connectivity index (χ1n) is 7.50. The van der Waals surface area contributed by atoms with Crippen LogP contribution >= 0.6 is 0 Å². The topological polar surface area (TPSA) is 12.0 Å². The Balaban J connectivity index is 1.80. The summed E-state index contributed by atoms with van der Waals surface area (Å²) in [6.07, 6.45) is 4.19. The number of unbranched alkanes of at least 4 members (excludes halogenated alkanes) is 1. The Morgan fingerprint density at radius 3 is 2.76 bits per heavy atom. The summed E-state index contributed by atoms with van der Waals surface area (Å²) in [5, 5.41) is 3.33. The van der Waals surface area contributed by atoms with Crippen LogP contribution in [0.5, 0.6) is 0 Å². The van der Waals surface area contributed by atoms with Crippen LogP contribution in [0.15, 0.2) is 36.4 Å². The molecule has 0 fully saturated rings. The van der Waals surface area contributed by atoms with Crippen LogP contribution in [0.25, 0.3) is 0 Å². The van der Waals surface area contributed by atoms with Gasteiger partial charge in [-0.25, -0.2) is 8.78 Å². The predicted octanol–water partition coefficient (Wildman–Crippen LogP) is 5.02. The summed E-state index contributed by atoms with van der Waals surface area (Å²) in [6.45, 7) is 2.18. The van der Waals surface area contributed by atoms with E-state index in [1.54, 1.807) is 0 Å². The molecule has 1 atom stereocenters. The van der Waals surface area contributed by atoms with E-state index < -0.39 is 11.6 Å². The van der Waals surface area contributed by atoms with Gasteiger partial charge in [0.1, 0.15) is 11.6 Å². The first-order valence-corrected chi connectivity index (χ1v) is 7.50. The summed E-state index contributed by atoms with van der Waals surface area (Å²) in [6, 6.07) is 10.1. The van der Waals surface area contributed by atoms with Gasteiger partial charge in [-0.15, -0.1) is 0 Å². The van der Waals surface area contributed by atoms with E-state index in [0.717, 1.165) is 24.6 Å². The summed E-state index contributed by atoms with van der Waals surface area (Å²) >= 11 is 0. The summed E-state index contributed by atoms with van der Waals surface area (Å²) in [5.74, 6) is -1.01. The Labute approximate surface area is 124 Å². The zero-order chi connectivity index (χ0) is 14.8. The van der Waals surface area contributed by atoms with Crippen molar-refractivity contribution in [3.63, 3.8) is 0 Å². The lowest BCUT2D eigenvalue weighted by atomic mass is 10.00. The summed E-state index contributed by atoms with van der Waals surface area (Å²) in [5.41, 5.74) is 4.14. The Morgan fingerprint density at radius 2 is 2.00 bits per heavy atom. The molecule has 0 amide bonds. The van der Waals surface area contributed by atoms with Crippen molar-refractivity contribution in [2.75, 3.05) is 5.32 Å². The molecule has 3 heteroatoms. The molecule has 1 unspecified atom stereocenters. The average Bonchev–Trinajstić information content (AvgIpc) is 2.87. The standard InChI is InChI=1S/C18H19F2N/c1-2-3-4-12-5-8-17-13(9-12)10-18(21-17)15-7-6-14(19)11-16(15)20/h5-9,11,18,21H,2-4,10H2,1H3. The molecule has 2 aromatic carbocycles. The van der Waals surface area contributed by atoms with Crippen LogP contribution in [-0.2, 0) is 12.8 Å². The Bertz CT molecular complexity index is 652. The van der Waals surface area contributed by atoms with Gasteiger partial charge >= 0.3 is 0 Å². The molecule has 1 aliphatic rings. The van der Waals surface area contributed by atoms with E-state index in [-0.39, 0.29) is 6.04 Å². The zero-order valence-corrected chi connectivity index (χ0v) is 12.1. The molecule has 21 heavy (non-hydrogen) atoms. The van der Waals surface area contributed by atoms with Crippen molar-refractivity contribution >= 4 is 5.69 Å². The highest BCUT2D eigenvalue weighted by molar-refractivity contribution is 5.59. The van der Waals surface area contributed by atoms with Gasteiger partial charge in [-0.1, -0.05) is 31.5 Å². The quantitative estimate of drug-likeness (QED) is 0.833. The number of rotatable bonds is 4. The van der Waals surface area contributed by atoms with E-state index >= 15 is 0 Å². The first kappa shape index (κ1) is 14.1. The number of nitrogens with one attached hydrogen (secondary N) is 1. The lowest BCUT2D eigenvalue weighted by Crippen LogP contribution is -2.08. The minimum atomic E-state index is -0.534. The van der Waals surface area contributed by atoms with Crippen LogP contribution in [0.3, 0.4) is 0 Å². The van der Waals surface area contributed by atoms with Crippen molar-refractivity contribution < 1.29 is 8.78 Å². The van der Waals surface area contributed by atoms with Crippen LogP contribution in [0, 0.1) is 11.6 Å². The predicted molar refractivity (Wildman–Crippen MR) is 81.5 cm³/mol. The van der Waals surface area contributed by atoms with Gasteiger partial charge in [0.2, 0.25) is 0 Å². The minimum absolute atomic E-state index is 0.109. The smallest absolute Gasteiger partial charge is 0.131 e. The SMILES string of the molecule is CCCCc1ccc2c(c1)CC(c1ccc(F)cc1F)N2. The third kappa shape index (κ3) is 2.92. The molecule has 2 aromatic rings. The molecule has 1 nitrogen and oxygen atoms in total. The second kappa shape index (κ2) is 5.84. The first-order chi connectivity index (χ1) is 10.2. The maximum atomic E-state index is 13.9. The van der Waals surface area contributed by atoms with E-state index in [9.17, 15) is 8.78 Å².